The fourth-order valence-corrected chi connectivity index (χ4v) is 5.04. The van der Waals surface area contributed by atoms with E-state index in [4.69, 9.17) is 10.2 Å². The number of aromatic hydroxyl groups is 1. The fourth-order valence-electron chi connectivity index (χ4n) is 5.04. The quantitative estimate of drug-likeness (QED) is 0.220. The van der Waals surface area contributed by atoms with Gasteiger partial charge in [-0.05, 0) is 59.8 Å². The predicted octanol–water partition coefficient (Wildman–Crippen LogP) is 10.9. The highest BCUT2D eigenvalue weighted by Crippen LogP contribution is 2.41. The maximum Gasteiger partial charge on any atom is 0.335 e. The second kappa shape index (κ2) is 18.7. The number of phenols is 1. The van der Waals surface area contributed by atoms with Crippen LogP contribution in [0.15, 0.2) is 24.3 Å². The van der Waals surface area contributed by atoms with Crippen molar-refractivity contribution in [3.8, 4) is 5.75 Å². The standard InChI is InChI=1S/C26H54.C7H6O3/c1-9-11-12-13-14-15-16-17-18-19-20-21-24(26(6,7)8)22-23(10-2)25(3,4)5;8-6-3-1-5(2-4-6)7(9)10/h23-24H,9-22H2,1-8H3;1-4,8H,(H,9,10). The summed E-state index contributed by atoms with van der Waals surface area (Å²) < 4.78 is 0. The average molecular weight is 505 g/mol. The summed E-state index contributed by atoms with van der Waals surface area (Å²) in [7, 11) is 0. The van der Waals surface area contributed by atoms with Crippen LogP contribution in [0.3, 0.4) is 0 Å². The molecule has 0 aliphatic heterocycles. The van der Waals surface area contributed by atoms with E-state index in [-0.39, 0.29) is 11.3 Å². The second-order valence-corrected chi connectivity index (χ2v) is 12.9. The van der Waals surface area contributed by atoms with Crippen LogP contribution in [0.4, 0.5) is 0 Å². The first-order valence-corrected chi connectivity index (χ1v) is 14.8. The van der Waals surface area contributed by atoms with Gasteiger partial charge in [-0.25, -0.2) is 4.79 Å². The Balaban J connectivity index is 0.00000101. The third kappa shape index (κ3) is 17.0. The van der Waals surface area contributed by atoms with Crippen molar-refractivity contribution >= 4 is 5.97 Å². The maximum absolute atomic E-state index is 10.2. The van der Waals surface area contributed by atoms with E-state index in [9.17, 15) is 4.79 Å². The Morgan fingerprint density at radius 1 is 0.694 bits per heavy atom. The van der Waals surface area contributed by atoms with E-state index in [2.05, 4.69) is 55.4 Å². The van der Waals surface area contributed by atoms with Crippen LogP contribution in [0.1, 0.15) is 156 Å². The van der Waals surface area contributed by atoms with Gasteiger partial charge in [0.25, 0.3) is 0 Å². The van der Waals surface area contributed by atoms with Crippen LogP contribution in [0, 0.1) is 22.7 Å². The van der Waals surface area contributed by atoms with Crippen molar-refractivity contribution in [3.63, 3.8) is 0 Å². The molecule has 2 unspecified atom stereocenters. The normalized spacial score (nSPS) is 13.6. The number of unbranched alkanes of at least 4 members (excludes halogenated alkanes) is 10. The minimum Gasteiger partial charge on any atom is -0.508 e. The molecule has 3 nitrogen and oxygen atoms in total. The van der Waals surface area contributed by atoms with Crippen LogP contribution >= 0.6 is 0 Å². The molecule has 0 aromatic heterocycles. The molecule has 1 aromatic carbocycles. The number of hydrogen-bond donors (Lipinski definition) is 2. The largest absolute Gasteiger partial charge is 0.508 e. The molecule has 36 heavy (non-hydrogen) atoms. The highest BCUT2D eigenvalue weighted by Gasteiger charge is 2.31. The summed E-state index contributed by atoms with van der Waals surface area (Å²) in [6.07, 6.45) is 20.1. The van der Waals surface area contributed by atoms with Gasteiger partial charge in [-0.15, -0.1) is 0 Å². The number of carboxylic acid groups (broad SMARTS) is 1. The van der Waals surface area contributed by atoms with Gasteiger partial charge >= 0.3 is 5.97 Å². The first-order valence-electron chi connectivity index (χ1n) is 14.8. The van der Waals surface area contributed by atoms with Gasteiger partial charge in [0.2, 0.25) is 0 Å². The monoisotopic (exact) mass is 504 g/mol. The van der Waals surface area contributed by atoms with E-state index in [0.717, 1.165) is 11.8 Å². The third-order valence-electron chi connectivity index (χ3n) is 7.78. The first-order chi connectivity index (χ1) is 16.8. The number of carboxylic acids is 1. The van der Waals surface area contributed by atoms with Gasteiger partial charge in [0.15, 0.2) is 0 Å². The molecular weight excluding hydrogens is 444 g/mol. The Kier molecular flexibility index (Phi) is 17.9. The Morgan fingerprint density at radius 2 is 1.11 bits per heavy atom. The smallest absolute Gasteiger partial charge is 0.335 e. The van der Waals surface area contributed by atoms with Gasteiger partial charge in [-0.2, -0.15) is 0 Å². The lowest BCUT2D eigenvalue weighted by molar-refractivity contribution is 0.0697. The molecular formula is C33H60O3. The van der Waals surface area contributed by atoms with E-state index < -0.39 is 5.97 Å². The predicted molar refractivity (Wildman–Crippen MR) is 157 cm³/mol. The van der Waals surface area contributed by atoms with Gasteiger partial charge in [0, 0.05) is 0 Å². The van der Waals surface area contributed by atoms with Crippen LogP contribution in [-0.2, 0) is 0 Å². The summed E-state index contributed by atoms with van der Waals surface area (Å²) in [4.78, 5) is 10.2. The molecule has 0 fully saturated rings. The summed E-state index contributed by atoms with van der Waals surface area (Å²) in [5.41, 5.74) is 1.09. The molecule has 0 aliphatic carbocycles. The maximum atomic E-state index is 10.2. The van der Waals surface area contributed by atoms with Crippen molar-refractivity contribution < 1.29 is 15.0 Å². The molecule has 3 heteroatoms. The molecule has 0 spiro atoms. The molecule has 210 valence electrons. The van der Waals surface area contributed by atoms with Crippen LogP contribution < -0.4 is 0 Å². The lowest BCUT2D eigenvalue weighted by Gasteiger charge is -2.38. The molecule has 0 aliphatic rings. The molecule has 0 radical (unpaired) electrons. The molecule has 0 saturated heterocycles. The van der Waals surface area contributed by atoms with Crippen molar-refractivity contribution in [2.75, 3.05) is 0 Å². The zero-order valence-corrected chi connectivity index (χ0v) is 25.2. The van der Waals surface area contributed by atoms with Gasteiger partial charge in [-0.1, -0.05) is 132 Å². The Morgan fingerprint density at radius 3 is 1.47 bits per heavy atom. The molecule has 0 heterocycles. The topological polar surface area (TPSA) is 57.5 Å². The number of phenolic OH excluding ortho intramolecular Hbond substituents is 1. The van der Waals surface area contributed by atoms with Crippen molar-refractivity contribution in [2.24, 2.45) is 22.7 Å². The van der Waals surface area contributed by atoms with Crippen molar-refractivity contribution in [2.45, 2.75) is 145 Å². The summed E-state index contributed by atoms with van der Waals surface area (Å²) in [6, 6.07) is 5.36. The number of aromatic carboxylic acids is 1. The number of benzene rings is 1. The van der Waals surface area contributed by atoms with E-state index in [0.29, 0.717) is 10.8 Å². The highest BCUT2D eigenvalue weighted by atomic mass is 16.4. The molecule has 1 rings (SSSR count). The summed E-state index contributed by atoms with van der Waals surface area (Å²) >= 11 is 0. The van der Waals surface area contributed by atoms with Crippen molar-refractivity contribution in [3.05, 3.63) is 29.8 Å². The van der Waals surface area contributed by atoms with Gasteiger partial charge in [0.05, 0.1) is 5.56 Å². The van der Waals surface area contributed by atoms with Crippen LogP contribution in [0.25, 0.3) is 0 Å². The zero-order chi connectivity index (χ0) is 27.6. The van der Waals surface area contributed by atoms with Crippen molar-refractivity contribution in [1.82, 2.24) is 0 Å². The van der Waals surface area contributed by atoms with Crippen LogP contribution in [0.2, 0.25) is 0 Å². The number of rotatable bonds is 16. The van der Waals surface area contributed by atoms with E-state index in [1.54, 1.807) is 0 Å². The Hall–Kier alpha value is -1.51. The molecule has 0 bridgehead atoms. The average Bonchev–Trinajstić information content (AvgIpc) is 2.78. The summed E-state index contributed by atoms with van der Waals surface area (Å²) in [6.45, 7) is 19.4. The molecule has 2 N–H and O–H groups in total. The van der Waals surface area contributed by atoms with Gasteiger partial charge < -0.3 is 10.2 Å². The van der Waals surface area contributed by atoms with E-state index in [1.807, 2.05) is 0 Å². The van der Waals surface area contributed by atoms with Gasteiger partial charge in [-0.3, -0.25) is 0 Å². The van der Waals surface area contributed by atoms with Crippen LogP contribution in [-0.4, -0.2) is 16.2 Å². The number of hydrogen-bond acceptors (Lipinski definition) is 2. The minimum absolute atomic E-state index is 0.0741. The summed E-state index contributed by atoms with van der Waals surface area (Å²) in [5, 5.41) is 17.1. The summed E-state index contributed by atoms with van der Waals surface area (Å²) in [5.74, 6) is 0.828. The molecule has 2 atom stereocenters. The molecule has 1 aromatic rings. The fraction of sp³-hybridized carbons (Fsp3) is 0.788. The SMILES string of the molecule is CCCCCCCCCCCCCC(CC(CC)C(C)(C)C)C(C)(C)C.O=C(O)c1ccc(O)cc1. The third-order valence-corrected chi connectivity index (χ3v) is 7.78. The first kappa shape index (κ1) is 34.5. The molecule has 0 saturated carbocycles. The lowest BCUT2D eigenvalue weighted by atomic mass is 9.67. The second-order valence-electron chi connectivity index (χ2n) is 12.9. The molecule has 0 amide bonds. The van der Waals surface area contributed by atoms with Crippen molar-refractivity contribution in [1.29, 1.82) is 0 Å². The zero-order valence-electron chi connectivity index (χ0n) is 25.2. The Bertz CT molecular complexity index is 664. The van der Waals surface area contributed by atoms with Gasteiger partial charge in [0.1, 0.15) is 5.75 Å². The number of carbonyl (C=O) groups is 1. The highest BCUT2D eigenvalue weighted by molar-refractivity contribution is 5.87. The lowest BCUT2D eigenvalue weighted by Crippen LogP contribution is -2.28. The van der Waals surface area contributed by atoms with E-state index in [1.165, 1.54) is 114 Å². The van der Waals surface area contributed by atoms with Crippen LogP contribution in [0.5, 0.6) is 5.75 Å². The van der Waals surface area contributed by atoms with E-state index >= 15 is 0 Å². The Labute approximate surface area is 224 Å². The minimum atomic E-state index is -0.986.